The molecule has 2 fully saturated rings. The van der Waals surface area contributed by atoms with E-state index in [0.717, 1.165) is 12.8 Å². The second kappa shape index (κ2) is 5.82. The Labute approximate surface area is 136 Å². The number of aromatic nitrogens is 2. The lowest BCUT2D eigenvalue weighted by atomic mass is 9.95. The molecule has 2 aliphatic rings. The van der Waals surface area contributed by atoms with Crippen molar-refractivity contribution >= 4 is 17.2 Å². The van der Waals surface area contributed by atoms with E-state index in [9.17, 15) is 4.79 Å². The number of nitrogens with one attached hydrogen (secondary N) is 2. The van der Waals surface area contributed by atoms with Crippen LogP contribution < -0.4 is 20.1 Å². The lowest BCUT2D eigenvalue weighted by molar-refractivity contribution is 0.0935. The third kappa shape index (κ3) is 2.89. The molecule has 0 saturated carbocycles. The first-order chi connectivity index (χ1) is 11.2. The standard InChI is InChI=1S/C14H16N4O4S/c1-20-13-17-18-14(22-13)21-11-5-4-10(23-11)12(19)16-9-6-7-2-3-8(9)15-7/h4-5,7-9,15H,2-3,6H2,1H3,(H,16,19). The van der Waals surface area contributed by atoms with Crippen molar-refractivity contribution in [3.05, 3.63) is 17.0 Å². The highest BCUT2D eigenvalue weighted by atomic mass is 32.1. The monoisotopic (exact) mass is 336 g/mol. The van der Waals surface area contributed by atoms with Crippen molar-refractivity contribution < 1.29 is 18.7 Å². The topological polar surface area (TPSA) is 98.5 Å². The highest BCUT2D eigenvalue weighted by Crippen LogP contribution is 2.31. The average molecular weight is 336 g/mol. The molecule has 2 aliphatic heterocycles. The predicted molar refractivity (Wildman–Crippen MR) is 81.1 cm³/mol. The number of rotatable bonds is 5. The lowest BCUT2D eigenvalue weighted by Gasteiger charge is -2.20. The van der Waals surface area contributed by atoms with Crippen LogP contribution in [0.5, 0.6) is 17.2 Å². The summed E-state index contributed by atoms with van der Waals surface area (Å²) in [5.41, 5.74) is 0. The van der Waals surface area contributed by atoms with Gasteiger partial charge >= 0.3 is 12.2 Å². The van der Waals surface area contributed by atoms with Gasteiger partial charge in [-0.15, -0.1) is 0 Å². The minimum atomic E-state index is -0.0766. The Balaban J connectivity index is 1.38. The van der Waals surface area contributed by atoms with Crippen molar-refractivity contribution in [1.29, 1.82) is 0 Å². The normalized spacial score (nSPS) is 25.5. The van der Waals surface area contributed by atoms with Gasteiger partial charge in [0.2, 0.25) is 0 Å². The maximum absolute atomic E-state index is 12.3. The third-order valence-corrected chi connectivity index (χ3v) is 5.13. The Morgan fingerprint density at radius 1 is 1.39 bits per heavy atom. The van der Waals surface area contributed by atoms with Crippen LogP contribution in [0.2, 0.25) is 0 Å². The molecule has 2 N–H and O–H groups in total. The zero-order chi connectivity index (χ0) is 15.8. The van der Waals surface area contributed by atoms with E-state index in [1.165, 1.54) is 24.9 Å². The zero-order valence-corrected chi connectivity index (χ0v) is 13.3. The summed E-state index contributed by atoms with van der Waals surface area (Å²) in [6.45, 7) is 0. The molecule has 9 heteroatoms. The van der Waals surface area contributed by atoms with E-state index in [0.29, 0.717) is 22.0 Å². The molecular formula is C14H16N4O4S. The van der Waals surface area contributed by atoms with Gasteiger partial charge < -0.3 is 24.5 Å². The van der Waals surface area contributed by atoms with Crippen molar-refractivity contribution in [3.8, 4) is 17.2 Å². The summed E-state index contributed by atoms with van der Waals surface area (Å²) in [5, 5.41) is 14.4. The zero-order valence-electron chi connectivity index (χ0n) is 12.4. The third-order valence-electron chi connectivity index (χ3n) is 4.17. The van der Waals surface area contributed by atoms with E-state index in [4.69, 9.17) is 13.9 Å². The van der Waals surface area contributed by atoms with Gasteiger partial charge in [-0.3, -0.25) is 4.79 Å². The minimum Gasteiger partial charge on any atom is -0.452 e. The fraction of sp³-hybridized carbons (Fsp3) is 0.500. The van der Waals surface area contributed by atoms with E-state index in [2.05, 4.69) is 20.8 Å². The Kier molecular flexibility index (Phi) is 3.66. The molecule has 2 saturated heterocycles. The van der Waals surface area contributed by atoms with Crippen LogP contribution in [0.15, 0.2) is 16.5 Å². The maximum atomic E-state index is 12.3. The van der Waals surface area contributed by atoms with Gasteiger partial charge in [-0.05, 0) is 31.4 Å². The van der Waals surface area contributed by atoms with Gasteiger partial charge in [0.15, 0.2) is 5.06 Å². The molecule has 4 heterocycles. The molecular weight excluding hydrogens is 320 g/mol. The molecule has 2 aromatic rings. The van der Waals surface area contributed by atoms with Gasteiger partial charge in [0, 0.05) is 18.1 Å². The number of carbonyl (C=O) groups excluding carboxylic acids is 1. The minimum absolute atomic E-state index is 0.0204. The van der Waals surface area contributed by atoms with Crippen molar-refractivity contribution in [1.82, 2.24) is 20.8 Å². The molecule has 8 nitrogen and oxygen atoms in total. The summed E-state index contributed by atoms with van der Waals surface area (Å²) in [5.74, 6) is -0.0766. The van der Waals surface area contributed by atoms with Gasteiger partial charge in [-0.2, -0.15) is 0 Å². The average Bonchev–Trinajstić information content (AvgIpc) is 3.32. The molecule has 0 spiro atoms. The summed E-state index contributed by atoms with van der Waals surface area (Å²) in [4.78, 5) is 12.9. The highest BCUT2D eigenvalue weighted by molar-refractivity contribution is 7.15. The molecule has 122 valence electrons. The van der Waals surface area contributed by atoms with Crippen molar-refractivity contribution in [2.75, 3.05) is 7.11 Å². The first-order valence-corrected chi connectivity index (χ1v) is 8.25. The number of thiophene rings is 1. The van der Waals surface area contributed by atoms with E-state index >= 15 is 0 Å². The molecule has 3 atom stereocenters. The molecule has 23 heavy (non-hydrogen) atoms. The highest BCUT2D eigenvalue weighted by Gasteiger charge is 2.39. The van der Waals surface area contributed by atoms with E-state index in [-0.39, 0.29) is 24.1 Å². The molecule has 0 radical (unpaired) electrons. The van der Waals surface area contributed by atoms with Crippen LogP contribution in [0.25, 0.3) is 0 Å². The largest absolute Gasteiger partial charge is 0.452 e. The number of fused-ring (bicyclic) bond motifs is 2. The number of amides is 1. The van der Waals surface area contributed by atoms with Gasteiger partial charge in [0.05, 0.1) is 12.0 Å². The lowest BCUT2D eigenvalue weighted by Crippen LogP contribution is -2.42. The number of ether oxygens (including phenoxy) is 2. The summed E-state index contributed by atoms with van der Waals surface area (Å²) in [6.07, 6.45) is 3.36. The number of hydrogen-bond acceptors (Lipinski definition) is 8. The Hall–Kier alpha value is -2.13. The molecule has 1 amide bonds. The van der Waals surface area contributed by atoms with Crippen LogP contribution in [0.4, 0.5) is 0 Å². The first kappa shape index (κ1) is 14.5. The summed E-state index contributed by atoms with van der Waals surface area (Å²) < 4.78 is 15.3. The summed E-state index contributed by atoms with van der Waals surface area (Å²) in [7, 11) is 1.43. The fourth-order valence-electron chi connectivity index (χ4n) is 3.13. The molecule has 2 bridgehead atoms. The smallest absolute Gasteiger partial charge is 0.423 e. The van der Waals surface area contributed by atoms with Crippen molar-refractivity contribution in [2.45, 2.75) is 37.4 Å². The quantitative estimate of drug-likeness (QED) is 0.855. The van der Waals surface area contributed by atoms with E-state index in [1.54, 1.807) is 12.1 Å². The van der Waals surface area contributed by atoms with Gasteiger partial charge in [-0.25, -0.2) is 0 Å². The number of carbonyl (C=O) groups is 1. The molecule has 4 rings (SSSR count). The van der Waals surface area contributed by atoms with Crippen molar-refractivity contribution in [3.63, 3.8) is 0 Å². The molecule has 3 unspecified atom stereocenters. The van der Waals surface area contributed by atoms with Crippen LogP contribution in [0.1, 0.15) is 28.9 Å². The van der Waals surface area contributed by atoms with Crippen LogP contribution >= 0.6 is 11.3 Å². The Morgan fingerprint density at radius 2 is 2.26 bits per heavy atom. The summed E-state index contributed by atoms with van der Waals surface area (Å²) in [6, 6.07) is 4.61. The molecule has 0 aromatic carbocycles. The van der Waals surface area contributed by atoms with Crippen LogP contribution in [0.3, 0.4) is 0 Å². The van der Waals surface area contributed by atoms with Gasteiger partial charge in [-0.1, -0.05) is 21.5 Å². The number of hydrogen-bond donors (Lipinski definition) is 2. The van der Waals surface area contributed by atoms with Crippen molar-refractivity contribution in [2.24, 2.45) is 0 Å². The van der Waals surface area contributed by atoms with Crippen LogP contribution in [0, 0.1) is 0 Å². The second-order valence-corrected chi connectivity index (χ2v) is 6.67. The Morgan fingerprint density at radius 3 is 2.96 bits per heavy atom. The summed E-state index contributed by atoms with van der Waals surface area (Å²) >= 11 is 1.23. The van der Waals surface area contributed by atoms with Gasteiger partial charge in [0.25, 0.3) is 5.91 Å². The fourth-order valence-corrected chi connectivity index (χ4v) is 3.88. The van der Waals surface area contributed by atoms with Gasteiger partial charge in [0.1, 0.15) is 0 Å². The second-order valence-electron chi connectivity index (χ2n) is 5.62. The predicted octanol–water partition coefficient (Wildman–Crippen LogP) is 1.55. The molecule has 2 aromatic heterocycles. The SMILES string of the molecule is COc1nnc(Oc2ccc(C(=O)NC3CC4CCC3N4)s2)o1. The van der Waals surface area contributed by atoms with Crippen LogP contribution in [-0.2, 0) is 0 Å². The van der Waals surface area contributed by atoms with E-state index < -0.39 is 0 Å². The Bertz CT molecular complexity index is 715. The van der Waals surface area contributed by atoms with E-state index in [1.807, 2.05) is 0 Å². The maximum Gasteiger partial charge on any atom is 0.423 e. The molecule has 0 aliphatic carbocycles. The first-order valence-electron chi connectivity index (χ1n) is 7.43. The number of methoxy groups -OCH3 is 1. The number of nitrogens with zero attached hydrogens (tertiary/aromatic N) is 2. The van der Waals surface area contributed by atoms with Crippen LogP contribution in [-0.4, -0.2) is 41.3 Å².